The molecular formula is C17H25ClFNO. The van der Waals surface area contributed by atoms with Crippen LogP contribution in [0.2, 0.25) is 5.02 Å². The smallest absolute Gasteiger partial charge is 0.127 e. The molecule has 118 valence electrons. The number of benzene rings is 1. The van der Waals surface area contributed by atoms with Crippen LogP contribution in [-0.4, -0.2) is 24.8 Å². The Balaban J connectivity index is 2.20. The summed E-state index contributed by atoms with van der Waals surface area (Å²) in [4.78, 5) is 0. The molecule has 1 heterocycles. The van der Waals surface area contributed by atoms with Gasteiger partial charge >= 0.3 is 0 Å². The minimum Gasteiger partial charge on any atom is -0.378 e. The van der Waals surface area contributed by atoms with E-state index < -0.39 is 0 Å². The summed E-state index contributed by atoms with van der Waals surface area (Å²) in [7, 11) is 0. The van der Waals surface area contributed by atoms with Gasteiger partial charge in [-0.25, -0.2) is 4.39 Å². The van der Waals surface area contributed by atoms with Gasteiger partial charge in [-0.2, -0.15) is 0 Å². The van der Waals surface area contributed by atoms with E-state index in [1.165, 1.54) is 6.07 Å². The van der Waals surface area contributed by atoms with Crippen molar-refractivity contribution in [3.63, 3.8) is 0 Å². The molecule has 0 aliphatic carbocycles. The fraction of sp³-hybridized carbons (Fsp3) is 0.647. The zero-order valence-corrected chi connectivity index (χ0v) is 14.1. The van der Waals surface area contributed by atoms with E-state index >= 15 is 0 Å². The molecular weight excluding hydrogens is 289 g/mol. The molecule has 1 aromatic rings. The van der Waals surface area contributed by atoms with Gasteiger partial charge in [0.15, 0.2) is 0 Å². The third-order valence-corrected chi connectivity index (χ3v) is 4.59. The lowest BCUT2D eigenvalue weighted by molar-refractivity contribution is 0.0594. The normalized spacial score (nSPS) is 26.3. The molecule has 0 spiro atoms. The van der Waals surface area contributed by atoms with Crippen LogP contribution in [0.25, 0.3) is 0 Å². The summed E-state index contributed by atoms with van der Waals surface area (Å²) in [5.74, 6) is -0.225. The first-order valence-electron chi connectivity index (χ1n) is 7.52. The molecule has 2 rings (SSSR count). The van der Waals surface area contributed by atoms with Crippen LogP contribution in [0.4, 0.5) is 4.39 Å². The monoisotopic (exact) mass is 313 g/mol. The summed E-state index contributed by atoms with van der Waals surface area (Å²) >= 11 is 5.84. The molecule has 0 radical (unpaired) electrons. The van der Waals surface area contributed by atoms with E-state index in [1.54, 1.807) is 12.1 Å². The maximum atomic E-state index is 14.1. The van der Waals surface area contributed by atoms with Crippen LogP contribution in [0, 0.1) is 11.2 Å². The minimum atomic E-state index is -0.225. The highest BCUT2D eigenvalue weighted by Gasteiger charge is 2.42. The SMILES string of the molecule is CC1OCCC1(CNC(C)(C)C)Cc1ccc(Cl)cc1F. The Morgan fingerprint density at radius 2 is 2.14 bits per heavy atom. The number of nitrogens with one attached hydrogen (secondary N) is 1. The van der Waals surface area contributed by atoms with E-state index in [0.717, 1.165) is 19.6 Å². The molecule has 2 unspecified atom stereocenters. The number of halogens is 2. The zero-order chi connectivity index (χ0) is 15.7. The number of hydrogen-bond acceptors (Lipinski definition) is 2. The van der Waals surface area contributed by atoms with Crippen molar-refractivity contribution in [2.75, 3.05) is 13.2 Å². The molecule has 1 saturated heterocycles. The molecule has 1 aliphatic rings. The fourth-order valence-electron chi connectivity index (χ4n) is 2.83. The van der Waals surface area contributed by atoms with Crippen LogP contribution in [0.15, 0.2) is 18.2 Å². The molecule has 0 aromatic heterocycles. The van der Waals surface area contributed by atoms with Crippen molar-refractivity contribution in [2.45, 2.75) is 52.2 Å². The van der Waals surface area contributed by atoms with Crippen molar-refractivity contribution < 1.29 is 9.13 Å². The van der Waals surface area contributed by atoms with Gasteiger partial charge in [-0.15, -0.1) is 0 Å². The van der Waals surface area contributed by atoms with Gasteiger partial charge < -0.3 is 10.1 Å². The summed E-state index contributed by atoms with van der Waals surface area (Å²) in [6, 6.07) is 4.94. The van der Waals surface area contributed by atoms with E-state index in [2.05, 4.69) is 33.0 Å². The van der Waals surface area contributed by atoms with Crippen LogP contribution < -0.4 is 5.32 Å². The summed E-state index contributed by atoms with van der Waals surface area (Å²) in [6.45, 7) is 10.1. The van der Waals surface area contributed by atoms with Crippen molar-refractivity contribution in [2.24, 2.45) is 5.41 Å². The molecule has 0 bridgehead atoms. The molecule has 2 atom stereocenters. The van der Waals surface area contributed by atoms with E-state index in [4.69, 9.17) is 16.3 Å². The van der Waals surface area contributed by atoms with Crippen LogP contribution in [0.1, 0.15) is 39.7 Å². The molecule has 1 N–H and O–H groups in total. The quantitative estimate of drug-likeness (QED) is 0.899. The zero-order valence-electron chi connectivity index (χ0n) is 13.3. The largest absolute Gasteiger partial charge is 0.378 e. The van der Waals surface area contributed by atoms with E-state index in [0.29, 0.717) is 17.0 Å². The second-order valence-electron chi connectivity index (χ2n) is 7.14. The fourth-order valence-corrected chi connectivity index (χ4v) is 2.99. The highest BCUT2D eigenvalue weighted by Crippen LogP contribution is 2.39. The second kappa shape index (κ2) is 6.23. The number of ether oxygens (including phenoxy) is 1. The van der Waals surface area contributed by atoms with Gasteiger partial charge in [0.2, 0.25) is 0 Å². The third-order valence-electron chi connectivity index (χ3n) is 4.36. The van der Waals surface area contributed by atoms with Gasteiger partial charge in [-0.05, 0) is 58.2 Å². The Kier molecular flexibility index (Phi) is 4.96. The van der Waals surface area contributed by atoms with Crippen molar-refractivity contribution >= 4 is 11.6 Å². The van der Waals surface area contributed by atoms with Gasteiger partial charge in [-0.1, -0.05) is 17.7 Å². The Labute approximate surface area is 132 Å². The van der Waals surface area contributed by atoms with Crippen LogP contribution in [0.5, 0.6) is 0 Å². The highest BCUT2D eigenvalue weighted by molar-refractivity contribution is 6.30. The number of hydrogen-bond donors (Lipinski definition) is 1. The average molecular weight is 314 g/mol. The lowest BCUT2D eigenvalue weighted by Gasteiger charge is -2.36. The predicted octanol–water partition coefficient (Wildman–Crippen LogP) is 4.20. The molecule has 0 saturated carbocycles. The Morgan fingerprint density at radius 3 is 2.67 bits per heavy atom. The third kappa shape index (κ3) is 4.18. The van der Waals surface area contributed by atoms with Crippen molar-refractivity contribution in [3.05, 3.63) is 34.6 Å². The van der Waals surface area contributed by atoms with Crippen LogP contribution in [0.3, 0.4) is 0 Å². The number of rotatable bonds is 4. The van der Waals surface area contributed by atoms with Gasteiger partial charge in [0.25, 0.3) is 0 Å². The van der Waals surface area contributed by atoms with Gasteiger partial charge in [-0.3, -0.25) is 0 Å². The maximum absolute atomic E-state index is 14.1. The van der Waals surface area contributed by atoms with Gasteiger partial charge in [0, 0.05) is 29.1 Å². The van der Waals surface area contributed by atoms with Crippen molar-refractivity contribution in [1.29, 1.82) is 0 Å². The topological polar surface area (TPSA) is 21.3 Å². The molecule has 1 fully saturated rings. The summed E-state index contributed by atoms with van der Waals surface area (Å²) in [6.07, 6.45) is 1.72. The summed E-state index contributed by atoms with van der Waals surface area (Å²) < 4.78 is 19.9. The lowest BCUT2D eigenvalue weighted by Crippen LogP contribution is -2.47. The van der Waals surface area contributed by atoms with E-state index in [9.17, 15) is 4.39 Å². The second-order valence-corrected chi connectivity index (χ2v) is 7.58. The predicted molar refractivity (Wildman–Crippen MR) is 85.3 cm³/mol. The Hall–Kier alpha value is -0.640. The van der Waals surface area contributed by atoms with Gasteiger partial charge in [0.05, 0.1) is 6.10 Å². The van der Waals surface area contributed by atoms with E-state index in [-0.39, 0.29) is 22.9 Å². The molecule has 21 heavy (non-hydrogen) atoms. The van der Waals surface area contributed by atoms with Crippen LogP contribution in [-0.2, 0) is 11.2 Å². The van der Waals surface area contributed by atoms with Crippen LogP contribution >= 0.6 is 11.6 Å². The Bertz CT molecular complexity index is 500. The minimum absolute atomic E-state index is 0.0356. The van der Waals surface area contributed by atoms with Crippen molar-refractivity contribution in [3.8, 4) is 0 Å². The lowest BCUT2D eigenvalue weighted by atomic mass is 9.75. The summed E-state index contributed by atoms with van der Waals surface area (Å²) in [5.41, 5.74) is 0.683. The molecule has 1 aromatic carbocycles. The molecule has 2 nitrogen and oxygen atoms in total. The van der Waals surface area contributed by atoms with E-state index in [1.807, 2.05) is 0 Å². The van der Waals surface area contributed by atoms with Crippen molar-refractivity contribution in [1.82, 2.24) is 5.32 Å². The highest BCUT2D eigenvalue weighted by atomic mass is 35.5. The molecule has 1 aliphatic heterocycles. The van der Waals surface area contributed by atoms with Gasteiger partial charge in [0.1, 0.15) is 5.82 Å². The molecule has 4 heteroatoms. The first-order valence-corrected chi connectivity index (χ1v) is 7.90. The Morgan fingerprint density at radius 1 is 1.43 bits per heavy atom. The standard InChI is InChI=1S/C17H25ClFNO/c1-12-17(7-8-21-12,11-20-16(2,3)4)10-13-5-6-14(18)9-15(13)19/h5-6,9,12,20H,7-8,10-11H2,1-4H3. The first kappa shape index (κ1) is 16.7. The maximum Gasteiger partial charge on any atom is 0.127 e. The summed E-state index contributed by atoms with van der Waals surface area (Å²) in [5, 5.41) is 4.00. The molecule has 0 amide bonds. The average Bonchev–Trinajstić information content (AvgIpc) is 2.72. The first-order chi connectivity index (χ1) is 9.72.